The first-order valence-electron chi connectivity index (χ1n) is 5.42. The minimum Gasteiger partial charge on any atom is -0.385 e. The van der Waals surface area contributed by atoms with Gasteiger partial charge in [-0.1, -0.05) is 6.42 Å². The lowest BCUT2D eigenvalue weighted by Gasteiger charge is -2.25. The Labute approximate surface area is 95.9 Å². The van der Waals surface area contributed by atoms with Crippen molar-refractivity contribution in [3.05, 3.63) is 24.3 Å². The third-order valence-electron chi connectivity index (χ3n) is 3.00. The summed E-state index contributed by atoms with van der Waals surface area (Å²) in [5, 5.41) is 8.30. The lowest BCUT2D eigenvalue weighted by Crippen LogP contribution is -2.20. The highest BCUT2D eigenvalue weighted by atomic mass is 32.2. The summed E-state index contributed by atoms with van der Waals surface area (Å²) in [5.41, 5.74) is 0.944. The van der Waals surface area contributed by atoms with Crippen molar-refractivity contribution in [2.75, 3.05) is 11.9 Å². The first-order chi connectivity index (χ1) is 7.55. The molecule has 0 spiro atoms. The smallest absolute Gasteiger partial charge is 0.238 e. The van der Waals surface area contributed by atoms with E-state index in [1.54, 1.807) is 12.1 Å². The average Bonchev–Trinajstić information content (AvgIpc) is 2.15. The van der Waals surface area contributed by atoms with Crippen molar-refractivity contribution in [2.45, 2.75) is 24.2 Å². The van der Waals surface area contributed by atoms with Gasteiger partial charge >= 0.3 is 0 Å². The normalized spacial score (nSPS) is 16.8. The molecule has 0 saturated heterocycles. The number of primary sulfonamides is 1. The van der Waals surface area contributed by atoms with E-state index < -0.39 is 10.0 Å². The van der Waals surface area contributed by atoms with Gasteiger partial charge in [0.25, 0.3) is 0 Å². The van der Waals surface area contributed by atoms with Crippen molar-refractivity contribution >= 4 is 15.7 Å². The Morgan fingerprint density at radius 2 is 1.88 bits per heavy atom. The zero-order valence-electron chi connectivity index (χ0n) is 9.02. The number of benzene rings is 1. The number of hydrogen-bond acceptors (Lipinski definition) is 3. The topological polar surface area (TPSA) is 72.2 Å². The Hall–Kier alpha value is -1.07. The van der Waals surface area contributed by atoms with Crippen molar-refractivity contribution < 1.29 is 8.42 Å². The molecule has 0 aliphatic heterocycles. The van der Waals surface area contributed by atoms with Gasteiger partial charge in [0.05, 0.1) is 4.90 Å². The van der Waals surface area contributed by atoms with Crippen LogP contribution in [0.15, 0.2) is 29.2 Å². The van der Waals surface area contributed by atoms with E-state index >= 15 is 0 Å². The molecule has 1 saturated carbocycles. The molecule has 0 heterocycles. The van der Waals surface area contributed by atoms with Crippen LogP contribution in [-0.2, 0) is 10.0 Å². The summed E-state index contributed by atoms with van der Waals surface area (Å²) in [6.45, 7) is 0.967. The van der Waals surface area contributed by atoms with Gasteiger partial charge in [0.1, 0.15) is 0 Å². The fourth-order valence-electron chi connectivity index (χ4n) is 1.72. The van der Waals surface area contributed by atoms with Gasteiger partial charge in [-0.15, -0.1) is 0 Å². The first kappa shape index (κ1) is 11.4. The molecule has 0 bridgehead atoms. The Kier molecular flexibility index (Phi) is 3.16. The second kappa shape index (κ2) is 4.43. The summed E-state index contributed by atoms with van der Waals surface area (Å²) in [5.74, 6) is 0.776. The van der Waals surface area contributed by atoms with E-state index in [1.807, 2.05) is 0 Å². The lowest BCUT2D eigenvalue weighted by molar-refractivity contribution is 0.333. The molecule has 2 rings (SSSR count). The molecule has 1 aliphatic carbocycles. The third-order valence-corrected chi connectivity index (χ3v) is 3.93. The molecule has 0 radical (unpaired) electrons. The van der Waals surface area contributed by atoms with Crippen LogP contribution in [0.2, 0.25) is 0 Å². The number of nitrogens with two attached hydrogens (primary N) is 1. The highest BCUT2D eigenvalue weighted by Gasteiger charge is 2.16. The summed E-state index contributed by atoms with van der Waals surface area (Å²) < 4.78 is 22.0. The Bertz CT molecular complexity index is 449. The highest BCUT2D eigenvalue weighted by molar-refractivity contribution is 7.89. The van der Waals surface area contributed by atoms with Gasteiger partial charge in [-0.2, -0.15) is 0 Å². The van der Waals surface area contributed by atoms with Crippen LogP contribution in [0.4, 0.5) is 5.69 Å². The van der Waals surface area contributed by atoms with Gasteiger partial charge in [0.2, 0.25) is 10.0 Å². The molecule has 88 valence electrons. The molecular weight excluding hydrogens is 224 g/mol. The molecule has 1 aromatic carbocycles. The van der Waals surface area contributed by atoms with E-state index in [9.17, 15) is 8.42 Å². The molecule has 0 atom stereocenters. The molecular formula is C11H16N2O2S. The van der Waals surface area contributed by atoms with Crippen molar-refractivity contribution in [1.29, 1.82) is 0 Å². The fraction of sp³-hybridized carbons (Fsp3) is 0.455. The van der Waals surface area contributed by atoms with Gasteiger partial charge in [0.15, 0.2) is 0 Å². The van der Waals surface area contributed by atoms with Crippen molar-refractivity contribution in [2.24, 2.45) is 11.1 Å². The Morgan fingerprint density at radius 3 is 2.31 bits per heavy atom. The molecule has 1 fully saturated rings. The predicted molar refractivity (Wildman–Crippen MR) is 63.6 cm³/mol. The monoisotopic (exact) mass is 240 g/mol. The molecule has 0 aromatic heterocycles. The minimum absolute atomic E-state index is 0.154. The van der Waals surface area contributed by atoms with E-state index in [0.717, 1.165) is 18.2 Å². The maximum atomic E-state index is 11.0. The number of rotatable bonds is 4. The van der Waals surface area contributed by atoms with Crippen LogP contribution >= 0.6 is 0 Å². The van der Waals surface area contributed by atoms with Gasteiger partial charge in [-0.05, 0) is 43.0 Å². The van der Waals surface area contributed by atoms with E-state index in [0.29, 0.717) is 0 Å². The Morgan fingerprint density at radius 1 is 1.25 bits per heavy atom. The maximum Gasteiger partial charge on any atom is 0.238 e. The standard InChI is InChI=1S/C11H16N2O2S/c12-16(14,15)11-6-4-10(5-7-11)13-8-9-2-1-3-9/h4-7,9,13H,1-3,8H2,(H2,12,14,15). The second-order valence-electron chi connectivity index (χ2n) is 4.25. The van der Waals surface area contributed by atoms with E-state index in [-0.39, 0.29) is 4.90 Å². The summed E-state index contributed by atoms with van der Waals surface area (Å²) in [4.78, 5) is 0.154. The summed E-state index contributed by atoms with van der Waals surface area (Å²) in [6.07, 6.45) is 3.92. The van der Waals surface area contributed by atoms with Gasteiger partial charge in [-0.3, -0.25) is 0 Å². The van der Waals surface area contributed by atoms with Crippen LogP contribution in [-0.4, -0.2) is 15.0 Å². The first-order valence-corrected chi connectivity index (χ1v) is 6.97. The summed E-state index contributed by atoms with van der Waals surface area (Å²) in [6, 6.07) is 6.55. The van der Waals surface area contributed by atoms with E-state index in [4.69, 9.17) is 5.14 Å². The molecule has 3 N–H and O–H groups in total. The Balaban J connectivity index is 1.96. The minimum atomic E-state index is -3.57. The van der Waals surface area contributed by atoms with Crippen LogP contribution in [0, 0.1) is 5.92 Å². The van der Waals surface area contributed by atoms with Gasteiger partial charge in [-0.25, -0.2) is 13.6 Å². The molecule has 16 heavy (non-hydrogen) atoms. The summed E-state index contributed by atoms with van der Waals surface area (Å²) in [7, 11) is -3.57. The van der Waals surface area contributed by atoms with Crippen molar-refractivity contribution in [1.82, 2.24) is 0 Å². The maximum absolute atomic E-state index is 11.0. The quantitative estimate of drug-likeness (QED) is 0.838. The molecule has 5 heteroatoms. The van der Waals surface area contributed by atoms with Crippen molar-refractivity contribution in [3.63, 3.8) is 0 Å². The number of nitrogens with one attached hydrogen (secondary N) is 1. The zero-order valence-corrected chi connectivity index (χ0v) is 9.83. The van der Waals surface area contributed by atoms with Crippen molar-refractivity contribution in [3.8, 4) is 0 Å². The van der Waals surface area contributed by atoms with Crippen LogP contribution in [0.3, 0.4) is 0 Å². The predicted octanol–water partition coefficient (Wildman–Crippen LogP) is 1.55. The third kappa shape index (κ3) is 2.74. The summed E-state index contributed by atoms with van der Waals surface area (Å²) >= 11 is 0. The largest absolute Gasteiger partial charge is 0.385 e. The molecule has 0 unspecified atom stereocenters. The molecule has 1 aromatic rings. The van der Waals surface area contributed by atoms with Crippen LogP contribution < -0.4 is 10.5 Å². The van der Waals surface area contributed by atoms with E-state index in [1.165, 1.54) is 31.4 Å². The SMILES string of the molecule is NS(=O)(=O)c1ccc(NCC2CCC2)cc1. The lowest BCUT2D eigenvalue weighted by atomic mass is 9.85. The second-order valence-corrected chi connectivity index (χ2v) is 5.81. The van der Waals surface area contributed by atoms with Gasteiger partial charge < -0.3 is 5.32 Å². The molecule has 1 aliphatic rings. The number of sulfonamides is 1. The van der Waals surface area contributed by atoms with Crippen LogP contribution in [0.1, 0.15) is 19.3 Å². The number of hydrogen-bond donors (Lipinski definition) is 2. The van der Waals surface area contributed by atoms with Gasteiger partial charge in [0, 0.05) is 12.2 Å². The fourth-order valence-corrected chi connectivity index (χ4v) is 2.24. The molecule has 0 amide bonds. The van der Waals surface area contributed by atoms with Crippen LogP contribution in [0.5, 0.6) is 0 Å². The zero-order chi connectivity index (χ0) is 11.6. The van der Waals surface area contributed by atoms with E-state index in [2.05, 4.69) is 5.32 Å². The highest BCUT2D eigenvalue weighted by Crippen LogP contribution is 2.26. The molecule has 4 nitrogen and oxygen atoms in total. The number of anilines is 1. The average molecular weight is 240 g/mol. The van der Waals surface area contributed by atoms with Crippen LogP contribution in [0.25, 0.3) is 0 Å².